The number of benzene rings is 5. The number of halogens is 4. The van der Waals surface area contributed by atoms with Crippen LogP contribution in [0.1, 0.15) is 22.3 Å². The molecule has 34 heavy (non-hydrogen) atoms. The molecule has 0 spiro atoms. The van der Waals surface area contributed by atoms with Crippen molar-refractivity contribution in [3.63, 3.8) is 0 Å². The molecule has 6 heteroatoms. The number of aromatic hydroxyl groups is 2. The Morgan fingerprint density at radius 1 is 0.588 bits per heavy atom. The van der Waals surface area contributed by atoms with Gasteiger partial charge >= 0.3 is 0 Å². The first kappa shape index (κ1) is 22.6. The Labute approximate surface area is 230 Å². The van der Waals surface area contributed by atoms with Crippen LogP contribution in [0.3, 0.4) is 0 Å². The summed E-state index contributed by atoms with van der Waals surface area (Å²) >= 11 is 14.2. The van der Waals surface area contributed by atoms with Crippen LogP contribution in [0.5, 0.6) is 11.5 Å². The highest BCUT2D eigenvalue weighted by Gasteiger charge is 2.42. The van der Waals surface area contributed by atoms with Crippen molar-refractivity contribution in [3.8, 4) is 11.5 Å². The SMILES string of the molecule is Oc1c(Br)cc(C2(c3cc(Br)c(O)c(Br)c3)Cc3cccc4ccc5cccc2c5c34)cc1Br. The Bertz CT molecular complexity index is 1550. The van der Waals surface area contributed by atoms with Crippen molar-refractivity contribution >= 4 is 85.3 Å². The summed E-state index contributed by atoms with van der Waals surface area (Å²) in [7, 11) is 0. The molecule has 0 atom stereocenters. The quantitative estimate of drug-likeness (QED) is 0.180. The molecule has 0 aromatic heterocycles. The maximum absolute atomic E-state index is 10.5. The van der Waals surface area contributed by atoms with E-state index in [0.29, 0.717) is 17.9 Å². The van der Waals surface area contributed by atoms with Crippen molar-refractivity contribution in [2.24, 2.45) is 0 Å². The van der Waals surface area contributed by atoms with Gasteiger partial charge in [0.15, 0.2) is 0 Å². The zero-order chi connectivity index (χ0) is 23.8. The number of rotatable bonds is 2. The molecule has 0 unspecified atom stereocenters. The van der Waals surface area contributed by atoms with Crippen LogP contribution >= 0.6 is 63.7 Å². The van der Waals surface area contributed by atoms with Gasteiger partial charge in [0.25, 0.3) is 0 Å². The third-order valence-corrected chi connectivity index (χ3v) is 9.32. The molecule has 168 valence electrons. The van der Waals surface area contributed by atoms with Crippen LogP contribution in [0, 0.1) is 0 Å². The molecule has 0 saturated heterocycles. The summed E-state index contributed by atoms with van der Waals surface area (Å²) in [6, 6.07) is 25.4. The molecule has 0 fully saturated rings. The fraction of sp³-hybridized carbons (Fsp3) is 0.0714. The molecule has 1 aliphatic rings. The Balaban J connectivity index is 1.84. The lowest BCUT2D eigenvalue weighted by atomic mass is 9.62. The van der Waals surface area contributed by atoms with Crippen LogP contribution < -0.4 is 0 Å². The molecule has 0 radical (unpaired) electrons. The largest absolute Gasteiger partial charge is 0.506 e. The molecule has 0 saturated carbocycles. The van der Waals surface area contributed by atoms with E-state index in [9.17, 15) is 10.2 Å². The number of hydrogen-bond acceptors (Lipinski definition) is 2. The van der Waals surface area contributed by atoms with Gasteiger partial charge in [-0.05, 0) is 138 Å². The van der Waals surface area contributed by atoms with Gasteiger partial charge in [-0.15, -0.1) is 0 Å². The monoisotopic (exact) mass is 700 g/mol. The summed E-state index contributed by atoms with van der Waals surface area (Å²) in [5.41, 5.74) is 3.96. The molecule has 1 aliphatic carbocycles. The van der Waals surface area contributed by atoms with Crippen molar-refractivity contribution in [2.75, 3.05) is 0 Å². The first-order valence-corrected chi connectivity index (χ1v) is 13.8. The van der Waals surface area contributed by atoms with Gasteiger partial charge in [-0.3, -0.25) is 0 Å². The summed E-state index contributed by atoms with van der Waals surface area (Å²) < 4.78 is 2.49. The molecular weight excluding hydrogens is 688 g/mol. The standard InChI is InChI=1S/C28H16Br4O2/c29-20-9-17(10-21(30)26(20)33)28(18-11-22(31)27(34)23(32)12-18)13-16-5-1-3-14-7-8-15-4-2-6-19(28)25(15)24(14)16/h1-12,33-34H,13H2. The Kier molecular flexibility index (Phi) is 5.37. The molecule has 6 rings (SSSR count). The number of phenolic OH excluding ortho intramolecular Hbond substituents is 2. The summed E-state index contributed by atoms with van der Waals surface area (Å²) in [6.45, 7) is 0. The smallest absolute Gasteiger partial charge is 0.143 e. The topological polar surface area (TPSA) is 40.5 Å². The van der Waals surface area contributed by atoms with Crippen LogP contribution in [0.2, 0.25) is 0 Å². The van der Waals surface area contributed by atoms with E-state index in [0.717, 1.165) is 17.5 Å². The zero-order valence-corrected chi connectivity index (χ0v) is 23.9. The molecule has 0 aliphatic heterocycles. The second-order valence-corrected chi connectivity index (χ2v) is 12.1. The fourth-order valence-corrected chi connectivity index (χ4v) is 7.79. The van der Waals surface area contributed by atoms with Gasteiger partial charge in [0.2, 0.25) is 0 Å². The lowest BCUT2D eigenvalue weighted by Gasteiger charge is -2.41. The summed E-state index contributed by atoms with van der Waals surface area (Å²) in [6.07, 6.45) is 0.730. The molecule has 0 heterocycles. The lowest BCUT2D eigenvalue weighted by Crippen LogP contribution is -2.34. The minimum absolute atomic E-state index is 0.170. The molecule has 0 bridgehead atoms. The zero-order valence-electron chi connectivity index (χ0n) is 17.5. The average Bonchev–Trinajstić information content (AvgIpc) is 2.83. The van der Waals surface area contributed by atoms with Gasteiger partial charge in [-0.1, -0.05) is 48.5 Å². The fourth-order valence-electron chi connectivity index (χ4n) is 5.42. The van der Waals surface area contributed by atoms with E-state index >= 15 is 0 Å². The normalized spacial score (nSPS) is 14.2. The van der Waals surface area contributed by atoms with Crippen molar-refractivity contribution < 1.29 is 10.2 Å². The predicted octanol–water partition coefficient (Wildman–Crippen LogP) is 9.34. The van der Waals surface area contributed by atoms with Crippen LogP contribution in [0.15, 0.2) is 90.7 Å². The maximum Gasteiger partial charge on any atom is 0.143 e. The van der Waals surface area contributed by atoms with E-state index < -0.39 is 5.41 Å². The Morgan fingerprint density at radius 2 is 1.06 bits per heavy atom. The first-order chi connectivity index (χ1) is 16.3. The van der Waals surface area contributed by atoms with E-state index in [4.69, 9.17) is 0 Å². The van der Waals surface area contributed by atoms with Gasteiger partial charge < -0.3 is 10.2 Å². The van der Waals surface area contributed by atoms with Gasteiger partial charge in [0.05, 0.1) is 17.9 Å². The van der Waals surface area contributed by atoms with Crippen LogP contribution in [0.25, 0.3) is 21.5 Å². The van der Waals surface area contributed by atoms with Crippen LogP contribution in [-0.4, -0.2) is 10.2 Å². The van der Waals surface area contributed by atoms with E-state index in [1.165, 1.54) is 32.7 Å². The van der Waals surface area contributed by atoms with Gasteiger partial charge in [-0.25, -0.2) is 0 Å². The summed E-state index contributed by atoms with van der Waals surface area (Å²) in [5.74, 6) is 0.340. The van der Waals surface area contributed by atoms with Gasteiger partial charge in [0, 0.05) is 5.41 Å². The average molecular weight is 704 g/mol. The number of hydrogen-bond donors (Lipinski definition) is 2. The van der Waals surface area contributed by atoms with Crippen LogP contribution in [0.4, 0.5) is 0 Å². The van der Waals surface area contributed by atoms with Crippen LogP contribution in [-0.2, 0) is 11.8 Å². The van der Waals surface area contributed by atoms with Crippen molar-refractivity contribution in [1.82, 2.24) is 0 Å². The molecule has 0 amide bonds. The third kappa shape index (κ3) is 3.15. The molecule has 5 aromatic carbocycles. The molecule has 5 aromatic rings. The van der Waals surface area contributed by atoms with E-state index in [-0.39, 0.29) is 11.5 Å². The minimum Gasteiger partial charge on any atom is -0.506 e. The van der Waals surface area contributed by atoms with Crippen molar-refractivity contribution in [2.45, 2.75) is 11.8 Å². The second-order valence-electron chi connectivity index (χ2n) is 8.64. The van der Waals surface area contributed by atoms with E-state index in [1.807, 2.05) is 24.3 Å². The lowest BCUT2D eigenvalue weighted by molar-refractivity contribution is 0.466. The third-order valence-electron chi connectivity index (χ3n) is 6.91. The number of phenols is 2. The van der Waals surface area contributed by atoms with Gasteiger partial charge in [-0.2, -0.15) is 0 Å². The van der Waals surface area contributed by atoms with E-state index in [1.54, 1.807) is 0 Å². The highest BCUT2D eigenvalue weighted by Crippen LogP contribution is 2.53. The maximum atomic E-state index is 10.5. The Morgan fingerprint density at radius 3 is 1.59 bits per heavy atom. The second kappa shape index (κ2) is 8.09. The highest BCUT2D eigenvalue weighted by molar-refractivity contribution is 9.11. The minimum atomic E-state index is -0.570. The van der Waals surface area contributed by atoms with E-state index in [2.05, 4.69) is 112 Å². The summed E-state index contributed by atoms with van der Waals surface area (Å²) in [4.78, 5) is 0. The van der Waals surface area contributed by atoms with Crippen molar-refractivity contribution in [1.29, 1.82) is 0 Å². The highest BCUT2D eigenvalue weighted by atomic mass is 79.9. The molecule has 2 N–H and O–H groups in total. The van der Waals surface area contributed by atoms with Crippen molar-refractivity contribution in [3.05, 3.63) is 113 Å². The Hall–Kier alpha value is -1.86. The predicted molar refractivity (Wildman–Crippen MR) is 152 cm³/mol. The van der Waals surface area contributed by atoms with Gasteiger partial charge in [0.1, 0.15) is 11.5 Å². The first-order valence-electron chi connectivity index (χ1n) is 10.6. The molecular formula is C28H16Br4O2. The molecule has 2 nitrogen and oxygen atoms in total. The summed E-state index contributed by atoms with van der Waals surface area (Å²) in [5, 5.41) is 25.9.